The first-order valence-electron chi connectivity index (χ1n) is 7.43. The maximum Gasteiger partial charge on any atom is 0.340 e. The summed E-state index contributed by atoms with van der Waals surface area (Å²) in [6.07, 6.45) is 4.55. The van der Waals surface area contributed by atoms with Crippen molar-refractivity contribution in [2.24, 2.45) is 0 Å². The molecular weight excluding hydrogens is 308 g/mol. The highest BCUT2D eigenvalue weighted by molar-refractivity contribution is 5.94. The van der Waals surface area contributed by atoms with Crippen LogP contribution in [-0.4, -0.2) is 23.0 Å². The number of nitrogens with zero attached hydrogens (tertiary/aromatic N) is 2. The van der Waals surface area contributed by atoms with E-state index in [0.29, 0.717) is 11.6 Å². The molecule has 1 aromatic carbocycles. The zero-order valence-electron chi connectivity index (χ0n) is 13.7. The molecule has 0 amide bonds. The Morgan fingerprint density at radius 3 is 2.46 bits per heavy atom. The number of aromatic nitrogens is 1. The van der Waals surface area contributed by atoms with Crippen LogP contribution in [0.3, 0.4) is 0 Å². The molecule has 1 aromatic heterocycles. The second-order valence-electron chi connectivity index (χ2n) is 5.53. The first-order valence-corrected chi connectivity index (χ1v) is 7.43. The number of hydrogen-bond donors (Lipinski definition) is 0. The van der Waals surface area contributed by atoms with Crippen LogP contribution in [0.25, 0.3) is 12.2 Å². The Balaban J connectivity index is 2.33. The van der Waals surface area contributed by atoms with Crippen LogP contribution in [0.1, 0.15) is 46.9 Å². The number of hydrogen-bond acceptors (Lipinski definition) is 5. The molecule has 2 aromatic rings. The Kier molecular flexibility index (Phi) is 5.42. The molecule has 0 aliphatic heterocycles. The summed E-state index contributed by atoms with van der Waals surface area (Å²) in [6, 6.07) is 9.17. The first kappa shape index (κ1) is 17.3. The van der Waals surface area contributed by atoms with E-state index in [4.69, 9.17) is 0 Å². The number of rotatable bonds is 5. The average molecular weight is 326 g/mol. The van der Waals surface area contributed by atoms with E-state index in [-0.39, 0.29) is 11.3 Å². The molecule has 0 saturated carbocycles. The summed E-state index contributed by atoms with van der Waals surface area (Å²) in [5.41, 5.74) is 2.29. The van der Waals surface area contributed by atoms with Crippen molar-refractivity contribution in [3.05, 3.63) is 69.0 Å². The fourth-order valence-electron chi connectivity index (χ4n) is 2.14. The highest BCUT2D eigenvalue weighted by Crippen LogP contribution is 2.19. The van der Waals surface area contributed by atoms with Gasteiger partial charge in [-0.15, -0.1) is 0 Å². The standard InChI is InChI=1S/C18H18N2O4/c1-12(2)14-7-4-13(5-8-14)6-9-17-16(18(21)24-3)10-15(11-19-17)20(22)23/h4-12H,1-3H3. The number of pyridine rings is 1. The molecule has 0 saturated heterocycles. The molecule has 0 radical (unpaired) electrons. The molecule has 1 heterocycles. The van der Waals surface area contributed by atoms with Crippen LogP contribution >= 0.6 is 0 Å². The molecule has 0 spiro atoms. The number of carbonyl (C=O) groups excluding carboxylic acids is 1. The Morgan fingerprint density at radius 1 is 1.25 bits per heavy atom. The zero-order chi connectivity index (χ0) is 17.7. The topological polar surface area (TPSA) is 82.3 Å². The van der Waals surface area contributed by atoms with E-state index in [9.17, 15) is 14.9 Å². The molecule has 2 rings (SSSR count). The van der Waals surface area contributed by atoms with Crippen molar-refractivity contribution in [2.75, 3.05) is 7.11 Å². The number of methoxy groups -OCH3 is 1. The van der Waals surface area contributed by atoms with Gasteiger partial charge in [-0.25, -0.2) is 9.78 Å². The fraction of sp³-hybridized carbons (Fsp3) is 0.222. The number of carbonyl (C=O) groups is 1. The highest BCUT2D eigenvalue weighted by atomic mass is 16.6. The van der Waals surface area contributed by atoms with E-state index in [2.05, 4.69) is 23.6 Å². The second-order valence-corrected chi connectivity index (χ2v) is 5.53. The molecule has 0 bridgehead atoms. The van der Waals surface area contributed by atoms with E-state index in [1.807, 2.05) is 24.3 Å². The van der Waals surface area contributed by atoms with Gasteiger partial charge in [-0.1, -0.05) is 44.2 Å². The van der Waals surface area contributed by atoms with E-state index < -0.39 is 10.9 Å². The quantitative estimate of drug-likeness (QED) is 0.470. The monoisotopic (exact) mass is 326 g/mol. The summed E-state index contributed by atoms with van der Waals surface area (Å²) >= 11 is 0. The van der Waals surface area contributed by atoms with Gasteiger partial charge in [-0.3, -0.25) is 10.1 Å². The van der Waals surface area contributed by atoms with Gasteiger partial charge in [0.15, 0.2) is 0 Å². The zero-order valence-corrected chi connectivity index (χ0v) is 13.7. The van der Waals surface area contributed by atoms with Gasteiger partial charge in [-0.2, -0.15) is 0 Å². The average Bonchev–Trinajstić information content (AvgIpc) is 2.59. The Bertz CT molecular complexity index is 780. The summed E-state index contributed by atoms with van der Waals surface area (Å²) < 4.78 is 4.67. The lowest BCUT2D eigenvalue weighted by molar-refractivity contribution is -0.385. The van der Waals surface area contributed by atoms with Crippen LogP contribution in [-0.2, 0) is 4.74 Å². The van der Waals surface area contributed by atoms with Crippen molar-refractivity contribution < 1.29 is 14.5 Å². The summed E-state index contributed by atoms with van der Waals surface area (Å²) in [4.78, 5) is 26.1. The van der Waals surface area contributed by atoms with Crippen LogP contribution in [0, 0.1) is 10.1 Å². The molecule has 0 aliphatic carbocycles. The summed E-state index contributed by atoms with van der Waals surface area (Å²) in [5, 5.41) is 10.8. The van der Waals surface area contributed by atoms with Crippen molar-refractivity contribution in [1.82, 2.24) is 4.98 Å². The summed E-state index contributed by atoms with van der Waals surface area (Å²) in [5.74, 6) is -0.216. The third-order valence-electron chi connectivity index (χ3n) is 3.56. The largest absolute Gasteiger partial charge is 0.465 e. The van der Waals surface area contributed by atoms with Gasteiger partial charge < -0.3 is 4.74 Å². The Morgan fingerprint density at radius 2 is 1.92 bits per heavy atom. The van der Waals surface area contributed by atoms with Crippen molar-refractivity contribution >= 4 is 23.8 Å². The number of benzene rings is 1. The molecule has 0 N–H and O–H groups in total. The molecule has 6 heteroatoms. The molecule has 0 fully saturated rings. The molecule has 124 valence electrons. The van der Waals surface area contributed by atoms with Gasteiger partial charge in [0.1, 0.15) is 6.20 Å². The van der Waals surface area contributed by atoms with Crippen LogP contribution in [0.4, 0.5) is 5.69 Å². The third-order valence-corrected chi connectivity index (χ3v) is 3.56. The molecule has 0 atom stereocenters. The smallest absolute Gasteiger partial charge is 0.340 e. The van der Waals surface area contributed by atoms with Gasteiger partial charge in [-0.05, 0) is 23.1 Å². The van der Waals surface area contributed by atoms with Crippen LogP contribution in [0.5, 0.6) is 0 Å². The summed E-state index contributed by atoms with van der Waals surface area (Å²) in [6.45, 7) is 4.24. The first-order chi connectivity index (χ1) is 11.4. The molecule has 6 nitrogen and oxygen atoms in total. The predicted octanol–water partition coefficient (Wildman–Crippen LogP) is 4.07. The minimum absolute atomic E-state index is 0.0572. The molecule has 0 aliphatic rings. The minimum Gasteiger partial charge on any atom is -0.465 e. The van der Waals surface area contributed by atoms with Gasteiger partial charge in [0.25, 0.3) is 5.69 Å². The highest BCUT2D eigenvalue weighted by Gasteiger charge is 2.17. The minimum atomic E-state index is -0.666. The maximum atomic E-state index is 11.8. The molecule has 0 unspecified atom stereocenters. The predicted molar refractivity (Wildman–Crippen MR) is 91.7 cm³/mol. The van der Waals surface area contributed by atoms with Crippen LogP contribution in [0.2, 0.25) is 0 Å². The molecular formula is C18H18N2O4. The van der Waals surface area contributed by atoms with Gasteiger partial charge in [0.2, 0.25) is 0 Å². The second kappa shape index (κ2) is 7.50. The third kappa shape index (κ3) is 4.04. The number of nitro groups is 1. The maximum absolute atomic E-state index is 11.8. The normalized spacial score (nSPS) is 11.0. The van der Waals surface area contributed by atoms with Gasteiger partial charge in [0, 0.05) is 6.07 Å². The van der Waals surface area contributed by atoms with Crippen molar-refractivity contribution in [1.29, 1.82) is 0 Å². The van der Waals surface area contributed by atoms with E-state index in [1.165, 1.54) is 18.7 Å². The fourth-order valence-corrected chi connectivity index (χ4v) is 2.14. The SMILES string of the molecule is COC(=O)c1cc([N+](=O)[O-])cnc1C=Cc1ccc(C(C)C)cc1. The summed E-state index contributed by atoms with van der Waals surface area (Å²) in [7, 11) is 1.22. The lowest BCUT2D eigenvalue weighted by Crippen LogP contribution is -2.06. The lowest BCUT2D eigenvalue weighted by atomic mass is 10.0. The molecule has 24 heavy (non-hydrogen) atoms. The van der Waals surface area contributed by atoms with E-state index in [0.717, 1.165) is 11.8 Å². The Hall–Kier alpha value is -3.02. The lowest BCUT2D eigenvalue weighted by Gasteiger charge is -2.05. The van der Waals surface area contributed by atoms with Crippen molar-refractivity contribution in [3.8, 4) is 0 Å². The number of esters is 1. The van der Waals surface area contributed by atoms with Gasteiger partial charge in [0.05, 0.1) is 23.3 Å². The van der Waals surface area contributed by atoms with E-state index >= 15 is 0 Å². The number of ether oxygens (including phenoxy) is 1. The van der Waals surface area contributed by atoms with Crippen LogP contribution < -0.4 is 0 Å². The van der Waals surface area contributed by atoms with Crippen LogP contribution in [0.15, 0.2) is 36.5 Å². The van der Waals surface area contributed by atoms with Crippen molar-refractivity contribution in [2.45, 2.75) is 19.8 Å². The Labute approximate surface area is 140 Å². The van der Waals surface area contributed by atoms with Gasteiger partial charge >= 0.3 is 5.97 Å². The van der Waals surface area contributed by atoms with E-state index in [1.54, 1.807) is 12.2 Å². The van der Waals surface area contributed by atoms with Crippen molar-refractivity contribution in [3.63, 3.8) is 0 Å².